The Morgan fingerprint density at radius 3 is 2.44 bits per heavy atom. The van der Waals surface area contributed by atoms with Crippen LogP contribution < -0.4 is 10.1 Å². The van der Waals surface area contributed by atoms with E-state index < -0.39 is 41.4 Å². The Balaban J connectivity index is 2.11. The fraction of sp³-hybridized carbons (Fsp3) is 0.250. The number of nitrogens with zero attached hydrogens (tertiary/aromatic N) is 1. The molecular formula is C24H21ClF4N2O3. The molecule has 1 aromatic heterocycles. The van der Waals surface area contributed by atoms with Gasteiger partial charge in [-0.25, -0.2) is 9.37 Å². The van der Waals surface area contributed by atoms with Crippen LogP contribution in [-0.2, 0) is 0 Å². The summed E-state index contributed by atoms with van der Waals surface area (Å²) >= 11 is 6.01. The number of alkyl halides is 3. The number of halogens is 5. The highest BCUT2D eigenvalue weighted by atomic mass is 35.5. The van der Waals surface area contributed by atoms with Gasteiger partial charge in [-0.3, -0.25) is 4.79 Å². The summed E-state index contributed by atoms with van der Waals surface area (Å²) in [5, 5.41) is 12.5. The number of aliphatic hydroxyl groups excluding tert-OH is 1. The van der Waals surface area contributed by atoms with Crippen LogP contribution in [-0.4, -0.2) is 28.3 Å². The van der Waals surface area contributed by atoms with Crippen LogP contribution in [0.25, 0.3) is 11.3 Å². The molecule has 0 aliphatic heterocycles. The van der Waals surface area contributed by atoms with Gasteiger partial charge in [-0.2, -0.15) is 13.2 Å². The maximum Gasteiger partial charge on any atom is 0.425 e. The van der Waals surface area contributed by atoms with E-state index >= 15 is 4.39 Å². The predicted molar refractivity (Wildman–Crippen MR) is 121 cm³/mol. The molecule has 10 heteroatoms. The average Bonchev–Trinajstić information content (AvgIpc) is 2.75. The van der Waals surface area contributed by atoms with Crippen molar-refractivity contribution in [1.82, 2.24) is 4.98 Å². The lowest BCUT2D eigenvalue weighted by Crippen LogP contribution is -2.32. The largest absolute Gasteiger partial charge is 0.480 e. The minimum atomic E-state index is -4.73. The van der Waals surface area contributed by atoms with E-state index in [9.17, 15) is 23.1 Å². The zero-order chi connectivity index (χ0) is 25.2. The van der Waals surface area contributed by atoms with Crippen LogP contribution >= 0.6 is 11.6 Å². The van der Waals surface area contributed by atoms with Gasteiger partial charge in [0.15, 0.2) is 6.10 Å². The first-order chi connectivity index (χ1) is 15.9. The molecule has 0 aliphatic rings. The summed E-state index contributed by atoms with van der Waals surface area (Å²) in [4.78, 5) is 17.0. The molecule has 3 aromatic rings. The van der Waals surface area contributed by atoms with E-state index in [-0.39, 0.29) is 22.0 Å². The van der Waals surface area contributed by atoms with Crippen LogP contribution in [0.5, 0.6) is 5.75 Å². The molecule has 1 unspecified atom stereocenters. The number of aryl methyl sites for hydroxylation is 1. The second-order valence-corrected chi connectivity index (χ2v) is 8.05. The number of pyridine rings is 1. The summed E-state index contributed by atoms with van der Waals surface area (Å²) in [6.45, 7) is 3.92. The Bertz CT molecular complexity index is 1220. The number of aromatic nitrogens is 1. The van der Waals surface area contributed by atoms with Gasteiger partial charge >= 0.3 is 6.18 Å². The summed E-state index contributed by atoms with van der Waals surface area (Å²) in [5.74, 6) is -2.26. The number of para-hydroxylation sites is 1. The van der Waals surface area contributed by atoms with Crippen LogP contribution in [0.15, 0.2) is 48.5 Å². The summed E-state index contributed by atoms with van der Waals surface area (Å²) in [6.07, 6.45) is -8.08. The number of ether oxygens (including phenoxy) is 1. The first kappa shape index (κ1) is 25.5. The zero-order valence-electron chi connectivity index (χ0n) is 18.4. The van der Waals surface area contributed by atoms with Crippen LogP contribution in [0, 0.1) is 12.7 Å². The molecule has 0 radical (unpaired) electrons. The van der Waals surface area contributed by atoms with Gasteiger partial charge in [-0.1, -0.05) is 29.8 Å². The van der Waals surface area contributed by atoms with Crippen molar-refractivity contribution in [3.63, 3.8) is 0 Å². The van der Waals surface area contributed by atoms with Gasteiger partial charge in [0.1, 0.15) is 11.6 Å². The number of anilines is 1. The van der Waals surface area contributed by atoms with Gasteiger partial charge < -0.3 is 15.2 Å². The van der Waals surface area contributed by atoms with Gasteiger partial charge in [0.25, 0.3) is 5.91 Å². The number of aliphatic hydroxyl groups is 1. The van der Waals surface area contributed by atoms with Crippen LogP contribution in [0.4, 0.5) is 23.2 Å². The number of rotatable bonds is 6. The molecule has 5 nitrogen and oxygen atoms in total. The number of benzene rings is 2. The second kappa shape index (κ2) is 9.99. The fourth-order valence-electron chi connectivity index (χ4n) is 3.09. The van der Waals surface area contributed by atoms with Crippen LogP contribution in [0.2, 0.25) is 5.02 Å². The third-order valence-electron chi connectivity index (χ3n) is 5.02. The van der Waals surface area contributed by atoms with Crippen molar-refractivity contribution in [3.8, 4) is 17.0 Å². The summed E-state index contributed by atoms with van der Waals surface area (Å²) < 4.78 is 59.8. The lowest BCUT2D eigenvalue weighted by Gasteiger charge is -2.21. The number of nitrogens with one attached hydrogen (secondary N) is 1. The Kier molecular flexibility index (Phi) is 7.48. The molecule has 0 saturated carbocycles. The summed E-state index contributed by atoms with van der Waals surface area (Å²) in [5.41, 5.74) is 0.516. The number of carbonyl (C=O) groups excluding carboxylic acids is 1. The Hall–Kier alpha value is -3.17. The van der Waals surface area contributed by atoms with Crippen LogP contribution in [0.3, 0.4) is 0 Å². The summed E-state index contributed by atoms with van der Waals surface area (Å²) in [7, 11) is 0. The minimum Gasteiger partial charge on any atom is -0.480 e. The standard InChI is InChI=1S/C24H21ClF4N2O3/c1-12-6-4-5-7-19(12)31-23(33)16-10-18(26)15(11-21(16)34-14(3)24(27,28)29)20-9-8-17(25)22(30-20)13(2)32/h4-11,13-14,32H,1-3H3,(H,31,33)/t13?,14-/m0/s1. The highest BCUT2D eigenvalue weighted by molar-refractivity contribution is 6.31. The van der Waals surface area contributed by atoms with Crippen molar-refractivity contribution in [2.45, 2.75) is 39.2 Å². The topological polar surface area (TPSA) is 71.5 Å². The van der Waals surface area contributed by atoms with Crippen molar-refractivity contribution in [2.75, 3.05) is 5.32 Å². The number of hydrogen-bond donors (Lipinski definition) is 2. The zero-order valence-corrected chi connectivity index (χ0v) is 19.1. The van der Waals surface area contributed by atoms with Crippen LogP contribution in [0.1, 0.15) is 41.6 Å². The lowest BCUT2D eigenvalue weighted by molar-refractivity contribution is -0.189. The van der Waals surface area contributed by atoms with Gasteiger partial charge in [0.05, 0.1) is 28.1 Å². The third kappa shape index (κ3) is 5.66. The minimum absolute atomic E-state index is 0.00632. The van der Waals surface area contributed by atoms with E-state index in [4.69, 9.17) is 16.3 Å². The fourth-order valence-corrected chi connectivity index (χ4v) is 3.35. The smallest absolute Gasteiger partial charge is 0.425 e. The molecule has 2 aromatic carbocycles. The van der Waals surface area contributed by atoms with Gasteiger partial charge in [0.2, 0.25) is 0 Å². The van der Waals surface area contributed by atoms with Crippen molar-refractivity contribution in [3.05, 3.63) is 76.2 Å². The van der Waals surface area contributed by atoms with Crippen molar-refractivity contribution < 1.29 is 32.2 Å². The van der Waals surface area contributed by atoms with E-state index in [1.54, 1.807) is 31.2 Å². The van der Waals surface area contributed by atoms with Crippen molar-refractivity contribution >= 4 is 23.2 Å². The molecular weight excluding hydrogens is 476 g/mol. The molecule has 0 bridgehead atoms. The molecule has 180 valence electrons. The summed E-state index contributed by atoms with van der Waals surface area (Å²) in [6, 6.07) is 11.2. The average molecular weight is 497 g/mol. The Morgan fingerprint density at radius 1 is 1.15 bits per heavy atom. The molecule has 3 rings (SSSR count). The number of hydrogen-bond acceptors (Lipinski definition) is 4. The predicted octanol–water partition coefficient (Wildman–Crippen LogP) is 6.48. The molecule has 1 amide bonds. The first-order valence-corrected chi connectivity index (χ1v) is 10.5. The van der Waals surface area contributed by atoms with E-state index in [1.165, 1.54) is 19.1 Å². The second-order valence-electron chi connectivity index (χ2n) is 7.64. The highest BCUT2D eigenvalue weighted by Crippen LogP contribution is 2.35. The monoisotopic (exact) mass is 496 g/mol. The Labute approximate surface area is 198 Å². The Morgan fingerprint density at radius 2 is 1.82 bits per heavy atom. The molecule has 2 atom stereocenters. The molecule has 1 heterocycles. The van der Waals surface area contributed by atoms with Gasteiger partial charge in [-0.05, 0) is 56.7 Å². The molecule has 0 aliphatic carbocycles. The third-order valence-corrected chi connectivity index (χ3v) is 5.34. The van der Waals surface area contributed by atoms with Crippen molar-refractivity contribution in [1.29, 1.82) is 0 Å². The molecule has 0 saturated heterocycles. The number of amides is 1. The van der Waals surface area contributed by atoms with E-state index in [0.717, 1.165) is 19.1 Å². The maximum absolute atomic E-state index is 15.1. The maximum atomic E-state index is 15.1. The highest BCUT2D eigenvalue weighted by Gasteiger charge is 2.39. The SMILES string of the molecule is Cc1ccccc1NC(=O)c1cc(F)c(-c2ccc(Cl)c(C(C)O)n2)cc1O[C@@H](C)C(F)(F)F. The first-order valence-electron chi connectivity index (χ1n) is 10.2. The molecule has 0 fully saturated rings. The van der Waals surface area contributed by atoms with Gasteiger partial charge in [0, 0.05) is 11.3 Å². The van der Waals surface area contributed by atoms with Crippen molar-refractivity contribution in [2.24, 2.45) is 0 Å². The van der Waals surface area contributed by atoms with E-state index in [1.807, 2.05) is 0 Å². The van der Waals surface area contributed by atoms with E-state index in [2.05, 4.69) is 10.3 Å². The molecule has 0 spiro atoms. The molecule has 2 N–H and O–H groups in total. The normalized spacial score (nSPS) is 13.3. The van der Waals surface area contributed by atoms with E-state index in [0.29, 0.717) is 11.3 Å². The quantitative estimate of drug-likeness (QED) is 0.383. The number of carbonyl (C=O) groups is 1. The molecule has 34 heavy (non-hydrogen) atoms. The van der Waals surface area contributed by atoms with Gasteiger partial charge in [-0.15, -0.1) is 0 Å². The lowest BCUT2D eigenvalue weighted by atomic mass is 10.0.